The summed E-state index contributed by atoms with van der Waals surface area (Å²) in [6, 6.07) is 0. The van der Waals surface area contributed by atoms with Gasteiger partial charge in [0.1, 0.15) is 0 Å². The van der Waals surface area contributed by atoms with E-state index < -0.39 is 17.8 Å². The smallest absolute Gasteiger partial charge is 0.303 e. The van der Waals surface area contributed by atoms with E-state index in [0.29, 0.717) is 30.7 Å². The lowest BCUT2D eigenvalue weighted by Crippen LogP contribution is -2.59. The molecule has 0 heterocycles. The Bertz CT molecular complexity index is 374. The van der Waals surface area contributed by atoms with E-state index in [9.17, 15) is 4.79 Å². The van der Waals surface area contributed by atoms with Gasteiger partial charge in [0.25, 0.3) is 0 Å². The number of carboxylic acids is 1. The molecule has 3 rings (SSSR count). The van der Waals surface area contributed by atoms with Crippen LogP contribution in [0.1, 0.15) is 34.8 Å². The van der Waals surface area contributed by atoms with Crippen LogP contribution in [0.25, 0.3) is 0 Å². The van der Waals surface area contributed by atoms with Gasteiger partial charge in [-0.2, -0.15) is 0 Å². The molecule has 3 saturated carbocycles. The molecule has 0 aliphatic heterocycles. The molecule has 3 fully saturated rings. The summed E-state index contributed by atoms with van der Waals surface area (Å²) in [6.45, 7) is 0.317. The van der Waals surface area contributed by atoms with Crippen molar-refractivity contribution in [2.75, 3.05) is 6.54 Å². The fourth-order valence-electron chi connectivity index (χ4n) is 4.44. The van der Waals surface area contributed by atoms with Crippen LogP contribution in [0.3, 0.4) is 0 Å². The third-order valence-electron chi connectivity index (χ3n) is 4.98. The SMILES string of the molecule is [2H]C1([2H])C[C@H]2C[C@@H]3[C@H](C2)[C@](CN)(CC(=O)O)[C@@H]31. The molecule has 3 N–H and O–H groups in total. The van der Waals surface area contributed by atoms with Gasteiger partial charge in [-0.25, -0.2) is 0 Å². The van der Waals surface area contributed by atoms with Gasteiger partial charge in [0.05, 0.1) is 6.42 Å². The predicted octanol–water partition coefficient (Wildman–Crippen LogP) is 1.47. The largest absolute Gasteiger partial charge is 0.481 e. The molecule has 15 heavy (non-hydrogen) atoms. The van der Waals surface area contributed by atoms with E-state index in [-0.39, 0.29) is 12.3 Å². The molecular formula is C12H19NO2. The van der Waals surface area contributed by atoms with E-state index in [4.69, 9.17) is 13.6 Å². The number of nitrogens with two attached hydrogens (primary N) is 1. The van der Waals surface area contributed by atoms with Crippen LogP contribution in [0.4, 0.5) is 0 Å². The number of aliphatic carboxylic acids is 1. The van der Waals surface area contributed by atoms with E-state index in [1.165, 1.54) is 0 Å². The summed E-state index contributed by atoms with van der Waals surface area (Å²) in [5, 5.41) is 9.08. The van der Waals surface area contributed by atoms with E-state index in [2.05, 4.69) is 0 Å². The summed E-state index contributed by atoms with van der Waals surface area (Å²) < 4.78 is 16.4. The third kappa shape index (κ3) is 1.07. The second-order valence-electron chi connectivity index (χ2n) is 5.50. The second-order valence-corrected chi connectivity index (χ2v) is 5.50. The molecule has 0 aromatic carbocycles. The van der Waals surface area contributed by atoms with Gasteiger partial charge < -0.3 is 10.8 Å². The quantitative estimate of drug-likeness (QED) is 0.743. The summed E-state index contributed by atoms with van der Waals surface area (Å²) in [5.74, 6) is 0.251. The summed E-state index contributed by atoms with van der Waals surface area (Å²) in [5.41, 5.74) is 5.38. The zero-order valence-electron chi connectivity index (χ0n) is 10.8. The van der Waals surface area contributed by atoms with Crippen molar-refractivity contribution in [3.8, 4) is 0 Å². The van der Waals surface area contributed by atoms with Crippen molar-refractivity contribution in [2.24, 2.45) is 34.8 Å². The van der Waals surface area contributed by atoms with Crippen LogP contribution in [0, 0.1) is 29.1 Å². The monoisotopic (exact) mass is 211 g/mol. The van der Waals surface area contributed by atoms with Gasteiger partial charge in [0, 0.05) is 2.74 Å². The fraction of sp³-hybridized carbons (Fsp3) is 0.917. The standard InChI is InChI=1S/C12H19NO2/c13-6-12(5-11(14)15)9-2-1-7-3-8(9)10(12)4-7/h7-10H,1-6,13H2,(H,14,15)/t7-,8-,9+,10-,12-/m0/s1/i2D2. The third-order valence-corrected chi connectivity index (χ3v) is 4.98. The Morgan fingerprint density at radius 1 is 1.53 bits per heavy atom. The molecule has 2 bridgehead atoms. The van der Waals surface area contributed by atoms with Crippen LogP contribution in [-0.4, -0.2) is 17.6 Å². The molecule has 5 atom stereocenters. The molecule has 84 valence electrons. The topological polar surface area (TPSA) is 63.3 Å². The molecule has 0 spiro atoms. The van der Waals surface area contributed by atoms with Crippen molar-refractivity contribution in [3.63, 3.8) is 0 Å². The zero-order chi connectivity index (χ0) is 12.4. The van der Waals surface area contributed by atoms with Crippen LogP contribution < -0.4 is 5.73 Å². The van der Waals surface area contributed by atoms with Crippen molar-refractivity contribution in [2.45, 2.75) is 32.1 Å². The normalized spacial score (nSPS) is 56.6. The first-order valence-electron chi connectivity index (χ1n) is 6.82. The maximum atomic E-state index is 11.1. The Hall–Kier alpha value is -0.570. The number of rotatable bonds is 3. The minimum Gasteiger partial charge on any atom is -0.481 e. The Balaban J connectivity index is 1.98. The first-order chi connectivity index (χ1) is 7.90. The molecule has 3 nitrogen and oxygen atoms in total. The molecule has 0 unspecified atom stereocenters. The Morgan fingerprint density at radius 3 is 3.00 bits per heavy atom. The van der Waals surface area contributed by atoms with Crippen molar-refractivity contribution in [3.05, 3.63) is 0 Å². The van der Waals surface area contributed by atoms with Crippen LogP contribution in [-0.2, 0) is 4.79 Å². The predicted molar refractivity (Wildman–Crippen MR) is 56.2 cm³/mol. The lowest BCUT2D eigenvalue weighted by molar-refractivity contribution is -0.156. The van der Waals surface area contributed by atoms with Crippen LogP contribution in [0.15, 0.2) is 0 Å². The molecule has 0 radical (unpaired) electrons. The molecule has 3 heteroatoms. The number of hydrogen-bond acceptors (Lipinski definition) is 2. The van der Waals surface area contributed by atoms with Gasteiger partial charge in [-0.1, -0.05) is 6.42 Å². The highest BCUT2D eigenvalue weighted by Crippen LogP contribution is 2.70. The average Bonchev–Trinajstić information content (AvgIpc) is 2.43. The minimum atomic E-state index is -1.21. The van der Waals surface area contributed by atoms with E-state index in [1.54, 1.807) is 0 Å². The summed E-state index contributed by atoms with van der Waals surface area (Å²) in [4.78, 5) is 11.1. The Kier molecular flexibility index (Phi) is 1.52. The highest BCUT2D eigenvalue weighted by molar-refractivity contribution is 5.68. The van der Waals surface area contributed by atoms with Crippen molar-refractivity contribution >= 4 is 5.97 Å². The van der Waals surface area contributed by atoms with Gasteiger partial charge in [-0.3, -0.25) is 4.79 Å². The summed E-state index contributed by atoms with van der Waals surface area (Å²) >= 11 is 0. The second kappa shape index (κ2) is 2.97. The molecule has 0 amide bonds. The van der Waals surface area contributed by atoms with Crippen molar-refractivity contribution in [1.29, 1.82) is 0 Å². The van der Waals surface area contributed by atoms with Gasteiger partial charge in [0.15, 0.2) is 0 Å². The van der Waals surface area contributed by atoms with E-state index in [0.717, 1.165) is 12.8 Å². The van der Waals surface area contributed by atoms with Gasteiger partial charge in [0.2, 0.25) is 0 Å². The summed E-state index contributed by atoms with van der Waals surface area (Å²) in [6.07, 6.45) is 1.52. The van der Waals surface area contributed by atoms with Crippen molar-refractivity contribution < 1.29 is 12.6 Å². The fourth-order valence-corrected chi connectivity index (χ4v) is 4.44. The van der Waals surface area contributed by atoms with E-state index in [1.807, 2.05) is 0 Å². The minimum absolute atomic E-state index is 0.0432. The Morgan fingerprint density at radius 2 is 2.33 bits per heavy atom. The highest BCUT2D eigenvalue weighted by atomic mass is 16.4. The lowest BCUT2D eigenvalue weighted by atomic mass is 9.45. The van der Waals surface area contributed by atoms with Gasteiger partial charge in [-0.15, -0.1) is 0 Å². The maximum Gasteiger partial charge on any atom is 0.303 e. The number of hydrogen-bond donors (Lipinski definition) is 2. The van der Waals surface area contributed by atoms with Crippen LogP contribution >= 0.6 is 0 Å². The van der Waals surface area contributed by atoms with Gasteiger partial charge >= 0.3 is 5.97 Å². The lowest BCUT2D eigenvalue weighted by Gasteiger charge is -2.59. The van der Waals surface area contributed by atoms with Crippen LogP contribution in [0.2, 0.25) is 0 Å². The first-order valence-corrected chi connectivity index (χ1v) is 5.82. The van der Waals surface area contributed by atoms with Gasteiger partial charge in [-0.05, 0) is 54.8 Å². The molecule has 0 saturated heterocycles. The maximum absolute atomic E-state index is 11.1. The first kappa shape index (κ1) is 7.66. The molecule has 3 aliphatic carbocycles. The van der Waals surface area contributed by atoms with Crippen molar-refractivity contribution in [1.82, 2.24) is 0 Å². The summed E-state index contributed by atoms with van der Waals surface area (Å²) in [7, 11) is 0. The Labute approximate surface area is 92.8 Å². The zero-order valence-corrected chi connectivity index (χ0v) is 8.78. The average molecular weight is 211 g/mol. The molecule has 0 aromatic heterocycles. The molecule has 3 aliphatic rings. The number of carboxylic acid groups (broad SMARTS) is 1. The number of carbonyl (C=O) groups is 1. The number of fused-ring (bicyclic) bond motifs is 1. The van der Waals surface area contributed by atoms with E-state index >= 15 is 0 Å². The molecule has 0 aromatic rings. The molecular weight excluding hydrogens is 190 g/mol. The van der Waals surface area contributed by atoms with Crippen LogP contribution in [0.5, 0.6) is 0 Å². The highest BCUT2D eigenvalue weighted by Gasteiger charge is 2.65.